The second-order valence-corrected chi connectivity index (χ2v) is 10.3. The van der Waals surface area contributed by atoms with Crippen molar-refractivity contribution in [2.24, 2.45) is 5.10 Å². The minimum atomic E-state index is -0.951. The van der Waals surface area contributed by atoms with Crippen LogP contribution in [0.2, 0.25) is 20.1 Å². The van der Waals surface area contributed by atoms with Crippen molar-refractivity contribution in [2.75, 3.05) is 0 Å². The van der Waals surface area contributed by atoms with Gasteiger partial charge < -0.3 is 14.5 Å². The molecular formula is C29H23Cl4N3O4. The third-order valence-corrected chi connectivity index (χ3v) is 7.04. The Kier molecular flexibility index (Phi) is 10.1. The van der Waals surface area contributed by atoms with E-state index in [-0.39, 0.29) is 11.4 Å². The summed E-state index contributed by atoms with van der Waals surface area (Å²) in [5.74, 6) is 0.107. The molecule has 2 atom stereocenters. The number of nitrogens with zero attached hydrogens (tertiary/aromatic N) is 1. The number of nitrogens with one attached hydrogen (secondary N) is 2. The normalized spacial score (nSPS) is 12.6. The van der Waals surface area contributed by atoms with E-state index in [1.807, 2.05) is 30.3 Å². The van der Waals surface area contributed by atoms with Gasteiger partial charge in [0.05, 0.1) is 21.3 Å². The molecule has 2 amide bonds. The molecule has 0 radical (unpaired) electrons. The average molecular weight is 619 g/mol. The largest absolute Gasteiger partial charge is 0.479 e. The first-order valence-electron chi connectivity index (χ1n) is 12.0. The van der Waals surface area contributed by atoms with E-state index in [1.54, 1.807) is 49.4 Å². The minimum absolute atomic E-state index is 0.223. The molecule has 40 heavy (non-hydrogen) atoms. The third-order valence-electron chi connectivity index (χ3n) is 5.69. The van der Waals surface area contributed by atoms with Crippen molar-refractivity contribution in [2.45, 2.75) is 25.5 Å². The highest BCUT2D eigenvalue weighted by Gasteiger charge is 2.25. The molecule has 7 nitrogen and oxygen atoms in total. The molecule has 4 aromatic rings. The lowest BCUT2D eigenvalue weighted by Gasteiger charge is -2.21. The Morgan fingerprint density at radius 1 is 0.925 bits per heavy atom. The van der Waals surface area contributed by atoms with Gasteiger partial charge in [0.25, 0.3) is 11.8 Å². The summed E-state index contributed by atoms with van der Waals surface area (Å²) in [5, 5.41) is 8.20. The highest BCUT2D eigenvalue weighted by atomic mass is 35.5. The Morgan fingerprint density at radius 2 is 1.70 bits per heavy atom. The number of ether oxygens (including phenoxy) is 1. The summed E-state index contributed by atoms with van der Waals surface area (Å²) in [6, 6.07) is 21.6. The zero-order valence-electron chi connectivity index (χ0n) is 21.0. The maximum Gasteiger partial charge on any atom is 0.262 e. The lowest BCUT2D eigenvalue weighted by Crippen LogP contribution is -2.50. The number of hydrogen-bond donors (Lipinski definition) is 2. The molecule has 4 rings (SSSR count). The molecule has 0 saturated carbocycles. The number of carbonyl (C=O) groups excluding carboxylic acids is 2. The van der Waals surface area contributed by atoms with Crippen molar-refractivity contribution in [1.82, 2.24) is 10.7 Å². The fraction of sp³-hybridized carbons (Fsp3) is 0.138. The van der Waals surface area contributed by atoms with Gasteiger partial charge in [0.1, 0.15) is 23.3 Å². The second kappa shape index (κ2) is 13.7. The summed E-state index contributed by atoms with van der Waals surface area (Å²) in [5.41, 5.74) is 3.93. The Balaban J connectivity index is 1.43. The van der Waals surface area contributed by atoms with Crippen LogP contribution in [0.1, 0.15) is 18.2 Å². The van der Waals surface area contributed by atoms with Crippen LogP contribution >= 0.6 is 46.4 Å². The van der Waals surface area contributed by atoms with Gasteiger partial charge in [0.15, 0.2) is 6.10 Å². The molecule has 0 unspecified atom stereocenters. The highest BCUT2D eigenvalue weighted by molar-refractivity contribution is 6.43. The SMILES string of the molecule is C[C@H](Oc1ccc(Cl)cc1Cl)C(=O)N[C@@H](Cc1ccccc1)C(=O)N/N=C\c1ccc(-c2cccc(Cl)c2Cl)o1. The molecule has 0 aliphatic heterocycles. The number of hydrazone groups is 1. The molecule has 0 aliphatic rings. The molecule has 0 fully saturated rings. The number of amides is 2. The first-order chi connectivity index (χ1) is 19.2. The smallest absolute Gasteiger partial charge is 0.262 e. The van der Waals surface area contributed by atoms with Gasteiger partial charge in [-0.2, -0.15) is 5.10 Å². The van der Waals surface area contributed by atoms with E-state index in [9.17, 15) is 9.59 Å². The lowest BCUT2D eigenvalue weighted by molar-refractivity contribution is -0.132. The van der Waals surface area contributed by atoms with Crippen LogP contribution in [0.3, 0.4) is 0 Å². The molecule has 3 aromatic carbocycles. The molecule has 2 N–H and O–H groups in total. The van der Waals surface area contributed by atoms with Gasteiger partial charge in [-0.1, -0.05) is 82.8 Å². The van der Waals surface area contributed by atoms with Crippen LogP contribution in [-0.4, -0.2) is 30.2 Å². The Hall–Kier alpha value is -3.49. The Morgan fingerprint density at radius 3 is 2.45 bits per heavy atom. The fourth-order valence-electron chi connectivity index (χ4n) is 3.66. The zero-order chi connectivity index (χ0) is 28.6. The predicted molar refractivity (Wildman–Crippen MR) is 159 cm³/mol. The molecule has 1 heterocycles. The van der Waals surface area contributed by atoms with Gasteiger partial charge in [-0.15, -0.1) is 0 Å². The number of halogens is 4. The topological polar surface area (TPSA) is 92.9 Å². The van der Waals surface area contributed by atoms with E-state index in [0.717, 1.165) is 5.56 Å². The van der Waals surface area contributed by atoms with Gasteiger partial charge in [-0.05, 0) is 55.0 Å². The number of benzene rings is 3. The first kappa shape index (κ1) is 29.5. The van der Waals surface area contributed by atoms with Crippen LogP contribution in [0.25, 0.3) is 11.3 Å². The highest BCUT2D eigenvalue weighted by Crippen LogP contribution is 2.34. The van der Waals surface area contributed by atoms with Gasteiger partial charge in [0.2, 0.25) is 0 Å². The predicted octanol–water partition coefficient (Wildman–Crippen LogP) is 7.21. The zero-order valence-corrected chi connectivity index (χ0v) is 24.1. The van der Waals surface area contributed by atoms with Crippen molar-refractivity contribution in [1.29, 1.82) is 0 Å². The Bertz CT molecular complexity index is 1520. The van der Waals surface area contributed by atoms with Crippen LogP contribution in [0, 0.1) is 0 Å². The monoisotopic (exact) mass is 617 g/mol. The summed E-state index contributed by atoms with van der Waals surface area (Å²) in [6.45, 7) is 1.55. The molecule has 0 bridgehead atoms. The van der Waals surface area contributed by atoms with Gasteiger partial charge in [0, 0.05) is 17.0 Å². The molecule has 0 spiro atoms. The molecule has 1 aromatic heterocycles. The summed E-state index contributed by atoms with van der Waals surface area (Å²) < 4.78 is 11.5. The number of rotatable bonds is 10. The first-order valence-corrected chi connectivity index (χ1v) is 13.6. The van der Waals surface area contributed by atoms with Gasteiger partial charge >= 0.3 is 0 Å². The number of hydrogen-bond acceptors (Lipinski definition) is 5. The van der Waals surface area contributed by atoms with Crippen molar-refractivity contribution >= 4 is 64.4 Å². The minimum Gasteiger partial charge on any atom is -0.479 e. The van der Waals surface area contributed by atoms with Crippen LogP contribution in [0.5, 0.6) is 5.75 Å². The van der Waals surface area contributed by atoms with Crippen LogP contribution in [0.4, 0.5) is 0 Å². The molecular weight excluding hydrogens is 596 g/mol. The summed E-state index contributed by atoms with van der Waals surface area (Å²) in [6.07, 6.45) is 0.615. The van der Waals surface area contributed by atoms with Gasteiger partial charge in [-0.25, -0.2) is 5.43 Å². The van der Waals surface area contributed by atoms with E-state index in [0.29, 0.717) is 37.9 Å². The summed E-state index contributed by atoms with van der Waals surface area (Å²) in [4.78, 5) is 26.0. The number of carbonyl (C=O) groups is 2. The quantitative estimate of drug-likeness (QED) is 0.145. The van der Waals surface area contributed by atoms with Crippen molar-refractivity contribution < 1.29 is 18.7 Å². The van der Waals surface area contributed by atoms with Crippen LogP contribution < -0.4 is 15.5 Å². The van der Waals surface area contributed by atoms with Crippen LogP contribution in [0.15, 0.2) is 88.4 Å². The van der Waals surface area contributed by atoms with Crippen molar-refractivity contribution in [3.05, 3.63) is 110 Å². The van der Waals surface area contributed by atoms with E-state index in [1.165, 1.54) is 12.3 Å². The van der Waals surface area contributed by atoms with Crippen LogP contribution in [-0.2, 0) is 16.0 Å². The Labute approximate surface area is 251 Å². The standard InChI is InChI=1S/C29H23Cl4N3O4/c1-17(39-26-12-10-19(30)15-23(26)32)28(37)35-24(14-18-6-3-2-4-7-18)29(38)36-34-16-20-11-13-25(40-20)21-8-5-9-22(31)27(21)33/h2-13,15-17,24H,14H2,1H3,(H,35,37)(H,36,38)/b34-16-/t17-,24-/m0/s1. The van der Waals surface area contributed by atoms with E-state index < -0.39 is 24.0 Å². The molecule has 206 valence electrons. The van der Waals surface area contributed by atoms with Gasteiger partial charge in [-0.3, -0.25) is 9.59 Å². The summed E-state index contributed by atoms with van der Waals surface area (Å²) in [7, 11) is 0. The molecule has 0 saturated heterocycles. The second-order valence-electron chi connectivity index (χ2n) is 8.62. The average Bonchev–Trinajstić information content (AvgIpc) is 3.40. The van der Waals surface area contributed by atoms with E-state index >= 15 is 0 Å². The maximum atomic E-state index is 13.1. The fourth-order valence-corrected chi connectivity index (χ4v) is 4.51. The van der Waals surface area contributed by atoms with E-state index in [4.69, 9.17) is 55.6 Å². The lowest BCUT2D eigenvalue weighted by atomic mass is 10.1. The molecule has 11 heteroatoms. The van der Waals surface area contributed by atoms with E-state index in [2.05, 4.69) is 15.8 Å². The van der Waals surface area contributed by atoms with Crippen molar-refractivity contribution in [3.63, 3.8) is 0 Å². The number of furan rings is 1. The summed E-state index contributed by atoms with van der Waals surface area (Å²) >= 11 is 24.4. The third kappa shape index (κ3) is 7.79. The van der Waals surface area contributed by atoms with Crippen molar-refractivity contribution in [3.8, 4) is 17.1 Å². The molecule has 0 aliphatic carbocycles. The maximum absolute atomic E-state index is 13.1.